The van der Waals surface area contributed by atoms with Crippen molar-refractivity contribution < 1.29 is 13.2 Å². The zero-order valence-electron chi connectivity index (χ0n) is 19.0. The van der Waals surface area contributed by atoms with Gasteiger partial charge in [-0.25, -0.2) is 8.42 Å². The summed E-state index contributed by atoms with van der Waals surface area (Å²) >= 11 is 0. The van der Waals surface area contributed by atoms with Crippen LogP contribution in [0.1, 0.15) is 60.0 Å². The van der Waals surface area contributed by atoms with Gasteiger partial charge >= 0.3 is 0 Å². The monoisotopic (exact) mass is 430 g/mol. The van der Waals surface area contributed by atoms with Crippen LogP contribution in [-0.2, 0) is 14.8 Å². The molecular formula is C24H34N2O3S. The SMILES string of the molecule is CCC(NC(=O)CCCN(c1cccc(C)c1C)S(C)(=O)=O)c1ccc(C)cc1C. The Hall–Kier alpha value is -2.34. The molecule has 30 heavy (non-hydrogen) atoms. The molecule has 0 aromatic heterocycles. The summed E-state index contributed by atoms with van der Waals surface area (Å²) < 4.78 is 26.1. The fraction of sp³-hybridized carbons (Fsp3) is 0.458. The van der Waals surface area contributed by atoms with Crippen molar-refractivity contribution in [3.05, 3.63) is 64.2 Å². The molecule has 0 saturated heterocycles. The van der Waals surface area contributed by atoms with Gasteiger partial charge in [0.25, 0.3) is 0 Å². The Morgan fingerprint density at radius 2 is 1.77 bits per heavy atom. The van der Waals surface area contributed by atoms with Gasteiger partial charge in [0.2, 0.25) is 15.9 Å². The summed E-state index contributed by atoms with van der Waals surface area (Å²) in [6, 6.07) is 11.9. The lowest BCUT2D eigenvalue weighted by Crippen LogP contribution is -2.33. The molecule has 0 fully saturated rings. The van der Waals surface area contributed by atoms with E-state index in [2.05, 4.69) is 44.3 Å². The summed E-state index contributed by atoms with van der Waals surface area (Å²) in [7, 11) is -3.43. The van der Waals surface area contributed by atoms with Crippen LogP contribution in [0.15, 0.2) is 36.4 Å². The zero-order valence-corrected chi connectivity index (χ0v) is 19.8. The number of carbonyl (C=O) groups is 1. The second kappa shape index (κ2) is 10.1. The van der Waals surface area contributed by atoms with E-state index in [4.69, 9.17) is 0 Å². The molecule has 0 saturated carbocycles. The number of sulfonamides is 1. The third kappa shape index (κ3) is 6.08. The molecule has 2 aromatic carbocycles. The maximum atomic E-state index is 12.6. The van der Waals surface area contributed by atoms with Gasteiger partial charge in [-0.1, -0.05) is 42.8 Å². The molecule has 0 aliphatic rings. The standard InChI is InChI=1S/C24H34N2O3S/c1-7-22(21-14-13-17(2)16-19(21)4)25-24(27)12-9-15-26(30(6,28)29)23-11-8-10-18(3)20(23)5/h8,10-11,13-14,16,22H,7,9,12,15H2,1-6H3,(H,25,27). The summed E-state index contributed by atoms with van der Waals surface area (Å²) in [5.41, 5.74) is 6.15. The molecule has 6 heteroatoms. The normalized spacial score (nSPS) is 12.5. The van der Waals surface area contributed by atoms with E-state index in [0.717, 1.165) is 23.1 Å². The van der Waals surface area contributed by atoms with Crippen LogP contribution in [0.2, 0.25) is 0 Å². The molecule has 0 aliphatic heterocycles. The predicted molar refractivity (Wildman–Crippen MR) is 124 cm³/mol. The lowest BCUT2D eigenvalue weighted by Gasteiger charge is -2.25. The summed E-state index contributed by atoms with van der Waals surface area (Å²) in [5.74, 6) is -0.0590. The number of rotatable bonds is 9. The first-order valence-electron chi connectivity index (χ1n) is 10.4. The van der Waals surface area contributed by atoms with Crippen molar-refractivity contribution in [2.24, 2.45) is 0 Å². The van der Waals surface area contributed by atoms with Crippen LogP contribution in [0.3, 0.4) is 0 Å². The average Bonchev–Trinajstić information content (AvgIpc) is 2.65. The predicted octanol–water partition coefficient (Wildman–Crippen LogP) is 4.73. The van der Waals surface area contributed by atoms with Crippen LogP contribution in [-0.4, -0.2) is 27.1 Å². The molecule has 0 spiro atoms. The van der Waals surface area contributed by atoms with Gasteiger partial charge in [0.1, 0.15) is 0 Å². The molecule has 164 valence electrons. The first-order valence-corrected chi connectivity index (χ1v) is 12.3. The van der Waals surface area contributed by atoms with E-state index < -0.39 is 10.0 Å². The minimum atomic E-state index is -3.43. The van der Waals surface area contributed by atoms with Crippen LogP contribution in [0.25, 0.3) is 0 Å². The minimum Gasteiger partial charge on any atom is -0.349 e. The third-order valence-corrected chi connectivity index (χ3v) is 6.73. The largest absolute Gasteiger partial charge is 0.349 e. The highest BCUT2D eigenvalue weighted by Crippen LogP contribution is 2.26. The Morgan fingerprint density at radius 1 is 1.07 bits per heavy atom. The molecule has 0 bridgehead atoms. The second-order valence-electron chi connectivity index (χ2n) is 8.05. The zero-order chi connectivity index (χ0) is 22.5. The highest BCUT2D eigenvalue weighted by Gasteiger charge is 2.20. The first-order chi connectivity index (χ1) is 14.0. The topological polar surface area (TPSA) is 66.5 Å². The lowest BCUT2D eigenvalue weighted by molar-refractivity contribution is -0.121. The number of benzene rings is 2. The van der Waals surface area contributed by atoms with Crippen LogP contribution >= 0.6 is 0 Å². The van der Waals surface area contributed by atoms with E-state index in [0.29, 0.717) is 12.1 Å². The summed E-state index contributed by atoms with van der Waals surface area (Å²) in [4.78, 5) is 12.6. The first kappa shape index (κ1) is 23.9. The van der Waals surface area contributed by atoms with Crippen molar-refractivity contribution in [1.29, 1.82) is 0 Å². The number of amides is 1. The minimum absolute atomic E-state index is 0.0388. The van der Waals surface area contributed by atoms with Gasteiger partial charge in [0, 0.05) is 13.0 Å². The Bertz CT molecular complexity index is 1000. The van der Waals surface area contributed by atoms with Gasteiger partial charge in [0.15, 0.2) is 0 Å². The van der Waals surface area contributed by atoms with Gasteiger partial charge < -0.3 is 5.32 Å². The van der Waals surface area contributed by atoms with Gasteiger partial charge in [-0.05, 0) is 68.9 Å². The van der Waals surface area contributed by atoms with Gasteiger partial charge in [-0.2, -0.15) is 0 Å². The van der Waals surface area contributed by atoms with Crippen LogP contribution in [0.5, 0.6) is 0 Å². The highest BCUT2D eigenvalue weighted by atomic mass is 32.2. The summed E-state index contributed by atoms with van der Waals surface area (Å²) in [6.07, 6.45) is 2.74. The Balaban J connectivity index is 2.04. The molecular weight excluding hydrogens is 396 g/mol. The van der Waals surface area contributed by atoms with Crippen LogP contribution in [0.4, 0.5) is 5.69 Å². The molecule has 0 aliphatic carbocycles. The lowest BCUT2D eigenvalue weighted by atomic mass is 9.97. The molecule has 1 atom stereocenters. The summed E-state index contributed by atoms with van der Waals surface area (Å²) in [5, 5.41) is 3.11. The number of hydrogen-bond donors (Lipinski definition) is 1. The van der Waals surface area contributed by atoms with Crippen LogP contribution in [0, 0.1) is 27.7 Å². The molecule has 0 heterocycles. The number of aryl methyl sites for hydroxylation is 3. The Labute approximate surface area is 181 Å². The van der Waals surface area contributed by atoms with Crippen molar-refractivity contribution in [3.8, 4) is 0 Å². The Morgan fingerprint density at radius 3 is 2.37 bits per heavy atom. The number of nitrogens with zero attached hydrogens (tertiary/aromatic N) is 1. The fourth-order valence-electron chi connectivity index (χ4n) is 3.74. The van der Waals surface area contributed by atoms with Crippen molar-refractivity contribution >= 4 is 21.6 Å². The number of hydrogen-bond acceptors (Lipinski definition) is 3. The van der Waals surface area contributed by atoms with Gasteiger partial charge in [-0.3, -0.25) is 9.10 Å². The van der Waals surface area contributed by atoms with Gasteiger partial charge in [-0.15, -0.1) is 0 Å². The van der Waals surface area contributed by atoms with E-state index in [-0.39, 0.29) is 24.9 Å². The van der Waals surface area contributed by atoms with Crippen molar-refractivity contribution in [3.63, 3.8) is 0 Å². The highest BCUT2D eigenvalue weighted by molar-refractivity contribution is 7.92. The van der Waals surface area contributed by atoms with Crippen molar-refractivity contribution in [1.82, 2.24) is 5.32 Å². The smallest absolute Gasteiger partial charge is 0.232 e. The second-order valence-corrected chi connectivity index (χ2v) is 9.95. The summed E-state index contributed by atoms with van der Waals surface area (Å²) in [6.45, 7) is 10.3. The van der Waals surface area contributed by atoms with E-state index in [9.17, 15) is 13.2 Å². The molecule has 5 nitrogen and oxygen atoms in total. The molecule has 0 radical (unpaired) electrons. The van der Waals surface area contributed by atoms with E-state index >= 15 is 0 Å². The van der Waals surface area contributed by atoms with E-state index in [1.54, 1.807) is 0 Å². The molecule has 1 unspecified atom stereocenters. The fourth-order valence-corrected chi connectivity index (χ4v) is 4.75. The van der Waals surface area contributed by atoms with Gasteiger partial charge in [0.05, 0.1) is 18.0 Å². The molecule has 1 N–H and O–H groups in total. The maximum absolute atomic E-state index is 12.6. The molecule has 2 rings (SSSR count). The number of anilines is 1. The average molecular weight is 431 g/mol. The number of carbonyl (C=O) groups excluding carboxylic acids is 1. The van der Waals surface area contributed by atoms with E-state index in [1.807, 2.05) is 32.0 Å². The molecule has 2 aromatic rings. The van der Waals surface area contributed by atoms with Crippen molar-refractivity contribution in [2.75, 3.05) is 17.1 Å². The number of nitrogens with one attached hydrogen (secondary N) is 1. The quantitative estimate of drug-likeness (QED) is 0.625. The van der Waals surface area contributed by atoms with Crippen molar-refractivity contribution in [2.45, 2.75) is 59.9 Å². The maximum Gasteiger partial charge on any atom is 0.232 e. The molecule has 1 amide bonds. The Kier molecular flexibility index (Phi) is 8.07. The van der Waals surface area contributed by atoms with E-state index in [1.165, 1.54) is 21.7 Å². The third-order valence-electron chi connectivity index (χ3n) is 5.55. The van der Waals surface area contributed by atoms with Crippen LogP contribution < -0.4 is 9.62 Å².